The minimum absolute atomic E-state index is 0.155. The van der Waals surface area contributed by atoms with Gasteiger partial charge in [-0.25, -0.2) is 9.78 Å². The van der Waals surface area contributed by atoms with Crippen LogP contribution < -0.4 is 5.56 Å². The molecule has 0 saturated heterocycles. The first-order valence-corrected chi connectivity index (χ1v) is 10.9. The number of hydrogen-bond donors (Lipinski definition) is 0. The summed E-state index contributed by atoms with van der Waals surface area (Å²) in [5.41, 5.74) is 1.21. The predicted molar refractivity (Wildman–Crippen MR) is 117 cm³/mol. The van der Waals surface area contributed by atoms with Crippen LogP contribution in [-0.4, -0.2) is 37.9 Å². The maximum absolute atomic E-state index is 13.5. The standard InChI is InChI=1S/C22H29N3O3S/c1-6-9-15(7-2)25-19(26)17-14-24(21(27)28-22(3,4)5)13-12-18(17)23-20(25)29-16-10-8-11-16/h6-7,9,16H,1-2,8,10-14H2,3-5H3/b15-9+. The summed E-state index contributed by atoms with van der Waals surface area (Å²) in [6.45, 7) is 13.8. The number of allylic oxidation sites excluding steroid dienone is 4. The fourth-order valence-corrected chi connectivity index (χ4v) is 4.56. The van der Waals surface area contributed by atoms with Crippen molar-refractivity contribution in [3.8, 4) is 0 Å². The van der Waals surface area contributed by atoms with Crippen LogP contribution in [0.25, 0.3) is 5.70 Å². The number of hydrogen-bond acceptors (Lipinski definition) is 5. The minimum atomic E-state index is -0.582. The Morgan fingerprint density at radius 2 is 2.03 bits per heavy atom. The average molecular weight is 416 g/mol. The molecule has 29 heavy (non-hydrogen) atoms. The summed E-state index contributed by atoms with van der Waals surface area (Å²) in [7, 11) is 0. The Balaban J connectivity index is 2.00. The number of rotatable bonds is 5. The Bertz CT molecular complexity index is 907. The molecule has 2 heterocycles. The van der Waals surface area contributed by atoms with E-state index in [1.807, 2.05) is 20.8 Å². The lowest BCUT2D eigenvalue weighted by Crippen LogP contribution is -2.43. The third-order valence-corrected chi connectivity index (χ3v) is 6.22. The second-order valence-electron chi connectivity index (χ2n) is 8.31. The van der Waals surface area contributed by atoms with E-state index >= 15 is 0 Å². The highest BCUT2D eigenvalue weighted by Crippen LogP contribution is 2.36. The molecule has 1 saturated carbocycles. The van der Waals surface area contributed by atoms with Crippen molar-refractivity contribution in [2.45, 2.75) is 69.0 Å². The van der Waals surface area contributed by atoms with Crippen molar-refractivity contribution in [1.82, 2.24) is 14.5 Å². The number of aromatic nitrogens is 2. The monoisotopic (exact) mass is 415 g/mol. The number of fused-ring (bicyclic) bond motifs is 1. The van der Waals surface area contributed by atoms with E-state index in [2.05, 4.69) is 13.2 Å². The molecule has 3 rings (SSSR count). The van der Waals surface area contributed by atoms with Gasteiger partial charge < -0.3 is 9.64 Å². The van der Waals surface area contributed by atoms with Crippen molar-refractivity contribution in [1.29, 1.82) is 0 Å². The van der Waals surface area contributed by atoms with Gasteiger partial charge >= 0.3 is 6.09 Å². The molecule has 7 heteroatoms. The molecule has 1 aromatic rings. The van der Waals surface area contributed by atoms with E-state index in [0.29, 0.717) is 34.6 Å². The van der Waals surface area contributed by atoms with Gasteiger partial charge in [0.25, 0.3) is 5.56 Å². The average Bonchev–Trinajstić information content (AvgIpc) is 2.62. The zero-order chi connectivity index (χ0) is 21.2. The van der Waals surface area contributed by atoms with Gasteiger partial charge in [-0.3, -0.25) is 9.36 Å². The Morgan fingerprint density at radius 1 is 1.31 bits per heavy atom. The maximum atomic E-state index is 13.5. The summed E-state index contributed by atoms with van der Waals surface area (Å²) in [5.74, 6) is 0. The topological polar surface area (TPSA) is 64.4 Å². The van der Waals surface area contributed by atoms with E-state index < -0.39 is 11.7 Å². The molecule has 0 unspecified atom stereocenters. The summed E-state index contributed by atoms with van der Waals surface area (Å²) < 4.78 is 7.09. The first kappa shape index (κ1) is 21.4. The van der Waals surface area contributed by atoms with Crippen LogP contribution in [-0.2, 0) is 17.7 Å². The van der Waals surface area contributed by atoms with Crippen LogP contribution >= 0.6 is 11.8 Å². The molecule has 1 aliphatic heterocycles. The summed E-state index contributed by atoms with van der Waals surface area (Å²) >= 11 is 1.65. The third kappa shape index (κ3) is 4.83. The van der Waals surface area contributed by atoms with Crippen molar-refractivity contribution in [2.75, 3.05) is 6.54 Å². The highest BCUT2D eigenvalue weighted by molar-refractivity contribution is 7.99. The number of nitrogens with zero attached hydrogens (tertiary/aromatic N) is 3. The lowest BCUT2D eigenvalue weighted by atomic mass is 10.0. The molecule has 0 N–H and O–H groups in total. The van der Waals surface area contributed by atoms with E-state index in [1.54, 1.807) is 39.5 Å². The molecule has 2 aliphatic rings. The predicted octanol–water partition coefficient (Wildman–Crippen LogP) is 4.39. The lowest BCUT2D eigenvalue weighted by molar-refractivity contribution is 0.0221. The molecular weight excluding hydrogens is 386 g/mol. The fourth-order valence-electron chi connectivity index (χ4n) is 3.24. The molecule has 0 spiro atoms. The van der Waals surface area contributed by atoms with Crippen LogP contribution in [0.1, 0.15) is 51.3 Å². The van der Waals surface area contributed by atoms with Crippen LogP contribution in [0.15, 0.2) is 41.3 Å². The molecule has 6 nitrogen and oxygen atoms in total. The van der Waals surface area contributed by atoms with Gasteiger partial charge in [-0.2, -0.15) is 0 Å². The van der Waals surface area contributed by atoms with Crippen LogP contribution in [0.4, 0.5) is 4.79 Å². The first-order valence-electron chi connectivity index (χ1n) is 9.98. The van der Waals surface area contributed by atoms with Crippen LogP contribution in [0.5, 0.6) is 0 Å². The van der Waals surface area contributed by atoms with Gasteiger partial charge in [0.1, 0.15) is 5.60 Å². The second kappa shape index (κ2) is 8.61. The van der Waals surface area contributed by atoms with Gasteiger partial charge in [-0.1, -0.05) is 37.4 Å². The minimum Gasteiger partial charge on any atom is -0.444 e. The molecule has 1 fully saturated rings. The number of carbonyl (C=O) groups excluding carboxylic acids is 1. The van der Waals surface area contributed by atoms with Crippen LogP contribution in [0.2, 0.25) is 0 Å². The smallest absolute Gasteiger partial charge is 0.410 e. The lowest BCUT2D eigenvalue weighted by Gasteiger charge is -2.31. The van der Waals surface area contributed by atoms with E-state index in [4.69, 9.17) is 9.72 Å². The van der Waals surface area contributed by atoms with Gasteiger partial charge in [-0.05, 0) is 45.8 Å². The summed E-state index contributed by atoms with van der Waals surface area (Å²) in [6.07, 6.45) is 8.64. The van der Waals surface area contributed by atoms with Crippen molar-refractivity contribution in [3.63, 3.8) is 0 Å². The zero-order valence-electron chi connectivity index (χ0n) is 17.4. The van der Waals surface area contributed by atoms with Crippen molar-refractivity contribution < 1.29 is 9.53 Å². The van der Waals surface area contributed by atoms with Crippen LogP contribution in [0, 0.1) is 0 Å². The van der Waals surface area contributed by atoms with Crippen molar-refractivity contribution in [2.24, 2.45) is 0 Å². The molecule has 1 aliphatic carbocycles. The van der Waals surface area contributed by atoms with E-state index in [9.17, 15) is 9.59 Å². The highest BCUT2D eigenvalue weighted by Gasteiger charge is 2.30. The van der Waals surface area contributed by atoms with E-state index in [0.717, 1.165) is 18.5 Å². The number of amides is 1. The molecular formula is C22H29N3O3S. The summed E-state index contributed by atoms with van der Waals surface area (Å²) in [6, 6.07) is 0. The normalized spacial score (nSPS) is 17.3. The quantitative estimate of drug-likeness (QED) is 0.527. The largest absolute Gasteiger partial charge is 0.444 e. The zero-order valence-corrected chi connectivity index (χ0v) is 18.3. The van der Waals surface area contributed by atoms with E-state index in [-0.39, 0.29) is 12.1 Å². The Kier molecular flexibility index (Phi) is 6.36. The molecule has 0 radical (unpaired) electrons. The van der Waals surface area contributed by atoms with Gasteiger partial charge in [0.05, 0.1) is 23.5 Å². The Hall–Kier alpha value is -2.28. The second-order valence-corrected chi connectivity index (χ2v) is 9.58. The van der Waals surface area contributed by atoms with Gasteiger partial charge in [-0.15, -0.1) is 0 Å². The maximum Gasteiger partial charge on any atom is 0.410 e. The number of ether oxygens (including phenoxy) is 1. The molecule has 0 bridgehead atoms. The fraction of sp³-hybridized carbons (Fsp3) is 0.500. The van der Waals surface area contributed by atoms with Gasteiger partial charge in [0, 0.05) is 18.2 Å². The Morgan fingerprint density at radius 3 is 2.59 bits per heavy atom. The molecule has 1 aromatic heterocycles. The van der Waals surface area contributed by atoms with Gasteiger partial charge in [0.15, 0.2) is 5.16 Å². The van der Waals surface area contributed by atoms with Crippen molar-refractivity contribution in [3.05, 3.63) is 53.0 Å². The number of carbonyl (C=O) groups is 1. The van der Waals surface area contributed by atoms with Crippen molar-refractivity contribution >= 4 is 23.6 Å². The summed E-state index contributed by atoms with van der Waals surface area (Å²) in [4.78, 5) is 32.4. The van der Waals surface area contributed by atoms with Gasteiger partial charge in [0.2, 0.25) is 0 Å². The SMILES string of the molecule is C=C/C=C(\C=C)n1c(SC2CCC2)nc2c(c1=O)CN(C(=O)OC(C)(C)C)CC2. The summed E-state index contributed by atoms with van der Waals surface area (Å²) in [5, 5.41) is 1.18. The molecule has 156 valence electrons. The van der Waals surface area contributed by atoms with Crippen LogP contribution in [0.3, 0.4) is 0 Å². The van der Waals surface area contributed by atoms with E-state index in [1.165, 1.54) is 6.42 Å². The molecule has 0 aromatic carbocycles. The molecule has 1 amide bonds. The number of thioether (sulfide) groups is 1. The third-order valence-electron chi connectivity index (χ3n) is 4.93. The molecule has 0 atom stereocenters. The first-order chi connectivity index (χ1) is 13.7. The Labute approximate surface area is 176 Å². The highest BCUT2D eigenvalue weighted by atomic mass is 32.2.